The quantitative estimate of drug-likeness (QED) is 0.830. The lowest BCUT2D eigenvalue weighted by Gasteiger charge is -2.38. The number of carbonyl (C=O) groups is 2. The molecule has 98 valence electrons. The third-order valence-corrected chi connectivity index (χ3v) is 4.43. The van der Waals surface area contributed by atoms with E-state index in [4.69, 9.17) is 0 Å². The van der Waals surface area contributed by atoms with E-state index in [0.717, 1.165) is 13.1 Å². The highest BCUT2D eigenvalue weighted by Gasteiger charge is 2.29. The van der Waals surface area contributed by atoms with E-state index in [1.807, 2.05) is 11.8 Å². The fourth-order valence-corrected chi connectivity index (χ4v) is 3.02. The Bertz CT molecular complexity index is 469. The first-order valence-corrected chi connectivity index (χ1v) is 7.02. The third kappa shape index (κ3) is 2.47. The second kappa shape index (κ2) is 5.20. The number of nitrogens with zero attached hydrogens (tertiary/aromatic N) is 1. The van der Waals surface area contributed by atoms with E-state index in [9.17, 15) is 9.59 Å². The number of ketones is 1. The van der Waals surface area contributed by atoms with Gasteiger partial charge in [0.1, 0.15) is 0 Å². The van der Waals surface area contributed by atoms with Crippen LogP contribution in [0.3, 0.4) is 0 Å². The topological polar surface area (TPSA) is 49.4 Å². The molecule has 1 aliphatic rings. The van der Waals surface area contributed by atoms with Crippen molar-refractivity contribution in [3.63, 3.8) is 0 Å². The zero-order valence-electron chi connectivity index (χ0n) is 10.9. The second-order valence-electron chi connectivity index (χ2n) is 4.74. The van der Waals surface area contributed by atoms with E-state index in [2.05, 4.69) is 12.2 Å². The minimum Gasteiger partial charge on any atom is -0.332 e. The van der Waals surface area contributed by atoms with Gasteiger partial charge in [0, 0.05) is 36.1 Å². The number of Topliss-reactive ketones (excluding diaryl/α,β-unsaturated/α-hetero) is 1. The van der Waals surface area contributed by atoms with Crippen molar-refractivity contribution in [3.8, 4) is 0 Å². The normalized spacial score (nSPS) is 24.1. The fourth-order valence-electron chi connectivity index (χ4n) is 2.12. The molecule has 5 heteroatoms. The highest BCUT2D eigenvalue weighted by Crippen LogP contribution is 2.20. The average molecular weight is 266 g/mol. The van der Waals surface area contributed by atoms with Gasteiger partial charge in [0.05, 0.1) is 4.88 Å². The van der Waals surface area contributed by atoms with Gasteiger partial charge in [-0.3, -0.25) is 9.59 Å². The molecule has 1 fully saturated rings. The molecule has 0 spiro atoms. The average Bonchev–Trinajstić information content (AvgIpc) is 2.81. The highest BCUT2D eigenvalue weighted by molar-refractivity contribution is 7.12. The largest absolute Gasteiger partial charge is 0.332 e. The maximum Gasteiger partial charge on any atom is 0.264 e. The first-order chi connectivity index (χ1) is 8.50. The number of rotatable bonds is 2. The Morgan fingerprint density at radius 3 is 2.78 bits per heavy atom. The zero-order valence-corrected chi connectivity index (χ0v) is 11.7. The summed E-state index contributed by atoms with van der Waals surface area (Å²) in [7, 11) is 0. The second-order valence-corrected chi connectivity index (χ2v) is 5.65. The molecule has 0 bridgehead atoms. The Morgan fingerprint density at radius 2 is 2.17 bits per heavy atom. The van der Waals surface area contributed by atoms with Crippen LogP contribution in [-0.2, 0) is 0 Å². The van der Waals surface area contributed by atoms with E-state index in [0.29, 0.717) is 16.5 Å². The van der Waals surface area contributed by atoms with Gasteiger partial charge < -0.3 is 10.2 Å². The first kappa shape index (κ1) is 13.2. The molecule has 1 amide bonds. The van der Waals surface area contributed by atoms with Crippen LogP contribution in [0.5, 0.6) is 0 Å². The fraction of sp³-hybridized carbons (Fsp3) is 0.538. The van der Waals surface area contributed by atoms with Crippen LogP contribution in [0.1, 0.15) is 40.8 Å². The third-order valence-electron chi connectivity index (χ3n) is 3.51. The maximum absolute atomic E-state index is 12.4. The molecule has 2 atom stereocenters. The molecular formula is C13H18N2O2S. The summed E-state index contributed by atoms with van der Waals surface area (Å²) >= 11 is 1.35. The Hall–Kier alpha value is -1.20. The van der Waals surface area contributed by atoms with E-state index in [1.54, 1.807) is 11.4 Å². The molecule has 1 saturated heterocycles. The van der Waals surface area contributed by atoms with Gasteiger partial charge in [-0.05, 0) is 26.8 Å². The van der Waals surface area contributed by atoms with Gasteiger partial charge in [-0.2, -0.15) is 0 Å². The monoisotopic (exact) mass is 266 g/mol. The molecule has 1 aliphatic heterocycles. The van der Waals surface area contributed by atoms with Crippen LogP contribution >= 0.6 is 11.3 Å². The molecule has 1 aromatic heterocycles. The van der Waals surface area contributed by atoms with Crippen molar-refractivity contribution >= 4 is 23.0 Å². The minimum absolute atomic E-state index is 0.00651. The van der Waals surface area contributed by atoms with Gasteiger partial charge in [0.15, 0.2) is 5.78 Å². The summed E-state index contributed by atoms with van der Waals surface area (Å²) in [5.74, 6) is 0.0420. The lowest BCUT2D eigenvalue weighted by molar-refractivity contribution is 0.0608. The molecule has 4 nitrogen and oxygen atoms in total. The van der Waals surface area contributed by atoms with Crippen LogP contribution in [0.25, 0.3) is 0 Å². The molecule has 0 saturated carbocycles. The van der Waals surface area contributed by atoms with Crippen molar-refractivity contribution in [1.82, 2.24) is 10.2 Å². The molecule has 0 radical (unpaired) electrons. The summed E-state index contributed by atoms with van der Waals surface area (Å²) in [6, 6.07) is 2.18. The van der Waals surface area contributed by atoms with Crippen molar-refractivity contribution in [3.05, 3.63) is 21.9 Å². The van der Waals surface area contributed by atoms with E-state index in [-0.39, 0.29) is 17.7 Å². The number of hydrogen-bond acceptors (Lipinski definition) is 4. The molecule has 2 rings (SSSR count). The number of nitrogens with one attached hydrogen (secondary N) is 1. The van der Waals surface area contributed by atoms with E-state index < -0.39 is 0 Å². The molecule has 18 heavy (non-hydrogen) atoms. The van der Waals surface area contributed by atoms with Crippen LogP contribution in [-0.4, -0.2) is 41.8 Å². The number of carbonyl (C=O) groups excluding carboxylic acids is 2. The Balaban J connectivity index is 2.17. The van der Waals surface area contributed by atoms with Crippen molar-refractivity contribution < 1.29 is 9.59 Å². The van der Waals surface area contributed by atoms with Crippen LogP contribution in [0.2, 0.25) is 0 Å². The smallest absolute Gasteiger partial charge is 0.264 e. The van der Waals surface area contributed by atoms with Crippen molar-refractivity contribution in [2.24, 2.45) is 0 Å². The molecule has 0 aliphatic carbocycles. The van der Waals surface area contributed by atoms with Crippen LogP contribution in [0.15, 0.2) is 11.4 Å². The number of hydrogen-bond donors (Lipinski definition) is 1. The van der Waals surface area contributed by atoms with Crippen molar-refractivity contribution in [2.45, 2.75) is 32.9 Å². The number of amides is 1. The van der Waals surface area contributed by atoms with Gasteiger partial charge >= 0.3 is 0 Å². The summed E-state index contributed by atoms with van der Waals surface area (Å²) in [6.45, 7) is 7.19. The summed E-state index contributed by atoms with van der Waals surface area (Å²) in [6.07, 6.45) is 0. The van der Waals surface area contributed by atoms with Gasteiger partial charge in [0.25, 0.3) is 5.91 Å². The van der Waals surface area contributed by atoms with Crippen molar-refractivity contribution in [2.75, 3.05) is 13.1 Å². The molecule has 2 unspecified atom stereocenters. The molecule has 0 aromatic carbocycles. The molecule has 2 heterocycles. The summed E-state index contributed by atoms with van der Waals surface area (Å²) in [5, 5.41) is 5.10. The molecule has 1 N–H and O–H groups in total. The lowest BCUT2D eigenvalue weighted by atomic mass is 10.1. The first-order valence-electron chi connectivity index (χ1n) is 6.14. The van der Waals surface area contributed by atoms with E-state index in [1.165, 1.54) is 18.3 Å². The summed E-state index contributed by atoms with van der Waals surface area (Å²) in [5.41, 5.74) is 0.624. The predicted octanol–water partition coefficient (Wildman–Crippen LogP) is 1.77. The highest BCUT2D eigenvalue weighted by atomic mass is 32.1. The van der Waals surface area contributed by atoms with Gasteiger partial charge in [-0.1, -0.05) is 0 Å². The maximum atomic E-state index is 12.4. The van der Waals surface area contributed by atoms with E-state index >= 15 is 0 Å². The van der Waals surface area contributed by atoms with Crippen LogP contribution in [0, 0.1) is 0 Å². The van der Waals surface area contributed by atoms with Gasteiger partial charge in [-0.15, -0.1) is 11.3 Å². The summed E-state index contributed by atoms with van der Waals surface area (Å²) < 4.78 is 0. The Morgan fingerprint density at radius 1 is 1.44 bits per heavy atom. The minimum atomic E-state index is 0.00651. The zero-order chi connectivity index (χ0) is 13.3. The van der Waals surface area contributed by atoms with Gasteiger partial charge in [0.2, 0.25) is 0 Å². The predicted molar refractivity (Wildman–Crippen MR) is 72.3 cm³/mol. The molecular weight excluding hydrogens is 248 g/mol. The van der Waals surface area contributed by atoms with Crippen LogP contribution in [0.4, 0.5) is 0 Å². The number of piperazine rings is 1. The van der Waals surface area contributed by atoms with Crippen LogP contribution < -0.4 is 5.32 Å². The summed E-state index contributed by atoms with van der Waals surface area (Å²) in [4.78, 5) is 26.2. The van der Waals surface area contributed by atoms with Gasteiger partial charge in [-0.25, -0.2) is 0 Å². The standard InChI is InChI=1S/C13H18N2O2S/c1-8-9(2)15(5-4-14-8)13(17)12-6-11(7-18-12)10(3)16/h6-9,14H,4-5H2,1-3H3. The number of thiophene rings is 1. The Kier molecular flexibility index (Phi) is 3.82. The molecule has 1 aromatic rings. The SMILES string of the molecule is CC(=O)c1csc(C(=O)N2CCNC(C)C2C)c1. The Labute approximate surface area is 111 Å². The van der Waals surface area contributed by atoms with Crippen molar-refractivity contribution in [1.29, 1.82) is 0 Å². The lowest BCUT2D eigenvalue weighted by Crippen LogP contribution is -2.57.